The highest BCUT2D eigenvalue weighted by molar-refractivity contribution is 7.09. The zero-order valence-corrected chi connectivity index (χ0v) is 10.4. The van der Waals surface area contributed by atoms with Crippen LogP contribution in [0.3, 0.4) is 0 Å². The number of nitrogens with two attached hydrogens (primary N) is 1. The summed E-state index contributed by atoms with van der Waals surface area (Å²) in [6, 6.07) is 4.03. The van der Waals surface area contributed by atoms with Crippen molar-refractivity contribution in [2.75, 3.05) is 5.73 Å². The Morgan fingerprint density at radius 1 is 1.31 bits per heavy atom. The molecule has 0 spiro atoms. The normalized spacial score (nSPS) is 11.7. The van der Waals surface area contributed by atoms with Crippen molar-refractivity contribution >= 4 is 16.7 Å². The Hall–Kier alpha value is -1.49. The molecule has 0 unspecified atom stereocenters. The van der Waals surface area contributed by atoms with Crippen LogP contribution in [0, 0.1) is 0 Å². The molecule has 0 saturated carbocycles. The topological polar surface area (TPSA) is 64.7 Å². The fraction of sp³-hybridized carbons (Fsp3) is 0.364. The smallest absolute Gasteiger partial charge is 0.200 e. The number of hydrogen-bond donors (Lipinski definition) is 1. The van der Waals surface area contributed by atoms with Gasteiger partial charge in [-0.2, -0.15) is 9.36 Å². The van der Waals surface area contributed by atoms with Gasteiger partial charge in [0.05, 0.1) is 0 Å². The van der Waals surface area contributed by atoms with Crippen molar-refractivity contribution in [2.24, 2.45) is 0 Å². The van der Waals surface area contributed by atoms with Crippen molar-refractivity contribution in [3.63, 3.8) is 0 Å². The molecule has 2 aromatic rings. The van der Waals surface area contributed by atoms with Gasteiger partial charge >= 0.3 is 0 Å². The molecule has 4 nitrogen and oxygen atoms in total. The van der Waals surface area contributed by atoms with E-state index in [0.717, 1.165) is 5.69 Å². The van der Waals surface area contributed by atoms with Crippen LogP contribution in [-0.4, -0.2) is 14.3 Å². The van der Waals surface area contributed by atoms with E-state index in [1.807, 2.05) is 12.1 Å². The molecule has 0 aliphatic carbocycles. The van der Waals surface area contributed by atoms with E-state index in [1.54, 1.807) is 6.20 Å². The fourth-order valence-corrected chi connectivity index (χ4v) is 1.80. The number of rotatable bonds is 1. The third-order valence-electron chi connectivity index (χ3n) is 2.30. The summed E-state index contributed by atoms with van der Waals surface area (Å²) in [5, 5.41) is 0.470. The van der Waals surface area contributed by atoms with Crippen LogP contribution in [0.4, 0.5) is 5.13 Å². The molecule has 16 heavy (non-hydrogen) atoms. The molecular weight excluding hydrogens is 220 g/mol. The van der Waals surface area contributed by atoms with Crippen LogP contribution in [0.5, 0.6) is 0 Å². The Balaban J connectivity index is 2.44. The van der Waals surface area contributed by atoms with Crippen LogP contribution < -0.4 is 5.73 Å². The molecule has 0 radical (unpaired) electrons. The number of nitrogens with zero attached hydrogens (tertiary/aromatic N) is 3. The Morgan fingerprint density at radius 2 is 2.06 bits per heavy atom. The molecule has 0 aliphatic heterocycles. The van der Waals surface area contributed by atoms with E-state index >= 15 is 0 Å². The summed E-state index contributed by atoms with van der Waals surface area (Å²) in [6.07, 6.45) is 1.78. The van der Waals surface area contributed by atoms with E-state index in [9.17, 15) is 0 Å². The molecule has 5 heteroatoms. The number of pyridine rings is 1. The van der Waals surface area contributed by atoms with E-state index in [4.69, 9.17) is 5.73 Å². The molecule has 0 saturated heterocycles. The summed E-state index contributed by atoms with van der Waals surface area (Å²) < 4.78 is 4.15. The van der Waals surface area contributed by atoms with Crippen molar-refractivity contribution in [1.29, 1.82) is 0 Å². The minimum Gasteiger partial charge on any atom is -0.374 e. The van der Waals surface area contributed by atoms with Crippen molar-refractivity contribution in [1.82, 2.24) is 14.3 Å². The Kier molecular flexibility index (Phi) is 2.63. The van der Waals surface area contributed by atoms with Crippen molar-refractivity contribution < 1.29 is 0 Å². The molecule has 0 atom stereocenters. The Morgan fingerprint density at radius 3 is 2.62 bits per heavy atom. The minimum atomic E-state index is 0.0965. The van der Waals surface area contributed by atoms with Crippen LogP contribution in [0.25, 0.3) is 11.5 Å². The molecule has 84 valence electrons. The van der Waals surface area contributed by atoms with Crippen molar-refractivity contribution in [2.45, 2.75) is 26.2 Å². The third kappa shape index (κ3) is 2.19. The first-order valence-electron chi connectivity index (χ1n) is 5.03. The first-order chi connectivity index (χ1) is 7.47. The van der Waals surface area contributed by atoms with E-state index < -0.39 is 0 Å². The van der Waals surface area contributed by atoms with Crippen LogP contribution in [0.15, 0.2) is 18.3 Å². The maximum atomic E-state index is 5.56. The second-order valence-corrected chi connectivity index (χ2v) is 5.42. The largest absolute Gasteiger partial charge is 0.374 e. The average molecular weight is 234 g/mol. The van der Waals surface area contributed by atoms with Gasteiger partial charge in [0.25, 0.3) is 0 Å². The second-order valence-electron chi connectivity index (χ2n) is 4.64. The van der Waals surface area contributed by atoms with Crippen LogP contribution >= 0.6 is 11.5 Å². The molecule has 2 aromatic heterocycles. The summed E-state index contributed by atoms with van der Waals surface area (Å²) in [5.41, 5.74) is 7.65. The zero-order chi connectivity index (χ0) is 11.8. The van der Waals surface area contributed by atoms with Crippen LogP contribution in [-0.2, 0) is 5.41 Å². The van der Waals surface area contributed by atoms with Crippen LogP contribution in [0.1, 0.15) is 26.3 Å². The fourth-order valence-electron chi connectivity index (χ4n) is 1.36. The first kappa shape index (κ1) is 11.0. The lowest BCUT2D eigenvalue weighted by Gasteiger charge is -2.18. The third-order valence-corrected chi connectivity index (χ3v) is 2.84. The van der Waals surface area contributed by atoms with Gasteiger partial charge in [-0.1, -0.05) is 20.8 Å². The average Bonchev–Trinajstić information content (AvgIpc) is 2.64. The van der Waals surface area contributed by atoms with E-state index in [-0.39, 0.29) is 5.41 Å². The van der Waals surface area contributed by atoms with Gasteiger partial charge in [-0.3, -0.25) is 4.98 Å². The van der Waals surface area contributed by atoms with Gasteiger partial charge < -0.3 is 5.73 Å². The zero-order valence-electron chi connectivity index (χ0n) is 9.56. The van der Waals surface area contributed by atoms with Gasteiger partial charge in [-0.25, -0.2) is 0 Å². The number of hydrogen-bond acceptors (Lipinski definition) is 5. The minimum absolute atomic E-state index is 0.0965. The predicted octanol–water partition coefficient (Wildman–Crippen LogP) is 2.48. The van der Waals surface area contributed by atoms with Gasteiger partial charge in [-0.15, -0.1) is 0 Å². The highest BCUT2D eigenvalue weighted by atomic mass is 32.1. The molecule has 0 bridgehead atoms. The van der Waals surface area contributed by atoms with E-state index in [1.165, 1.54) is 17.1 Å². The number of nitrogen functional groups attached to an aromatic ring is 1. The lowest BCUT2D eigenvalue weighted by molar-refractivity contribution is 0.589. The Bertz CT molecular complexity index is 499. The summed E-state index contributed by atoms with van der Waals surface area (Å²) in [4.78, 5) is 8.39. The highest BCUT2D eigenvalue weighted by Crippen LogP contribution is 2.25. The van der Waals surface area contributed by atoms with Gasteiger partial charge in [-0.05, 0) is 23.1 Å². The SMILES string of the molecule is CC(C)(C)c1ccnc(-c2nsc(N)n2)c1. The maximum absolute atomic E-state index is 5.56. The molecule has 0 amide bonds. The number of anilines is 1. The predicted molar refractivity (Wildman–Crippen MR) is 66.3 cm³/mol. The molecule has 2 heterocycles. The van der Waals surface area contributed by atoms with Gasteiger partial charge in [0.2, 0.25) is 0 Å². The number of aromatic nitrogens is 3. The quantitative estimate of drug-likeness (QED) is 0.823. The maximum Gasteiger partial charge on any atom is 0.200 e. The Labute approximate surface area is 98.7 Å². The van der Waals surface area contributed by atoms with E-state index in [0.29, 0.717) is 11.0 Å². The monoisotopic (exact) mass is 234 g/mol. The summed E-state index contributed by atoms with van der Waals surface area (Å²) in [6.45, 7) is 6.48. The molecule has 0 aliphatic rings. The summed E-state index contributed by atoms with van der Waals surface area (Å²) in [5.74, 6) is 0.605. The molecule has 0 aromatic carbocycles. The second kappa shape index (κ2) is 3.83. The lowest BCUT2D eigenvalue weighted by Crippen LogP contribution is -2.11. The van der Waals surface area contributed by atoms with Gasteiger partial charge in [0, 0.05) is 17.7 Å². The van der Waals surface area contributed by atoms with Gasteiger partial charge in [0.15, 0.2) is 11.0 Å². The lowest BCUT2D eigenvalue weighted by atomic mass is 9.87. The summed E-state index contributed by atoms with van der Waals surface area (Å²) in [7, 11) is 0. The summed E-state index contributed by atoms with van der Waals surface area (Å²) >= 11 is 1.19. The van der Waals surface area contributed by atoms with Crippen molar-refractivity contribution in [3.8, 4) is 11.5 Å². The molecule has 2 N–H and O–H groups in total. The molecule has 2 rings (SSSR count). The molecule has 0 fully saturated rings. The first-order valence-corrected chi connectivity index (χ1v) is 5.80. The highest BCUT2D eigenvalue weighted by Gasteiger charge is 2.15. The van der Waals surface area contributed by atoms with Gasteiger partial charge in [0.1, 0.15) is 5.69 Å². The van der Waals surface area contributed by atoms with Crippen molar-refractivity contribution in [3.05, 3.63) is 23.9 Å². The standard InChI is InChI=1S/C11H14N4S/c1-11(2,3)7-4-5-13-8(6-7)9-14-10(12)16-15-9/h4-6H,1-3H3,(H2,12,14,15). The van der Waals surface area contributed by atoms with E-state index in [2.05, 4.69) is 35.1 Å². The van der Waals surface area contributed by atoms with Crippen LogP contribution in [0.2, 0.25) is 0 Å². The molecular formula is C11H14N4S.